The zero-order valence-corrected chi connectivity index (χ0v) is 12.9. The van der Waals surface area contributed by atoms with Crippen LogP contribution in [0.25, 0.3) is 11.0 Å². The topological polar surface area (TPSA) is 45.8 Å². The van der Waals surface area contributed by atoms with Crippen molar-refractivity contribution in [3.8, 4) is 0 Å². The number of fused-ring (bicyclic) bond motifs is 1. The Labute approximate surface area is 132 Å². The van der Waals surface area contributed by atoms with Gasteiger partial charge in [0.05, 0.1) is 10.6 Å². The van der Waals surface area contributed by atoms with E-state index in [0.717, 1.165) is 0 Å². The van der Waals surface area contributed by atoms with E-state index in [2.05, 4.69) is 9.97 Å². The highest BCUT2D eigenvalue weighted by atomic mass is 127. The first-order valence-corrected chi connectivity index (χ1v) is 7.15. The molecular weight excluding hydrogens is 394 g/mol. The van der Waals surface area contributed by atoms with Crippen molar-refractivity contribution in [3.05, 3.63) is 62.2 Å². The second-order valence-electron chi connectivity index (χ2n) is 4.17. The molecule has 0 amide bonds. The number of H-pyrrole nitrogens is 1. The standard InChI is InChI=1S/C14H7ClFIN2O/c15-10-3-4-18-14-12(10)9(6-19-14)13(20)8-2-1-7(16)5-11(8)17/h1-6H,(H,18,19). The molecule has 0 radical (unpaired) electrons. The summed E-state index contributed by atoms with van der Waals surface area (Å²) >= 11 is 8.06. The number of aromatic nitrogens is 2. The van der Waals surface area contributed by atoms with Crippen LogP contribution in [-0.2, 0) is 0 Å². The lowest BCUT2D eigenvalue weighted by Crippen LogP contribution is -2.03. The first kappa shape index (κ1) is 13.5. The molecule has 0 aliphatic carbocycles. The van der Waals surface area contributed by atoms with E-state index >= 15 is 0 Å². The smallest absolute Gasteiger partial charge is 0.196 e. The van der Waals surface area contributed by atoms with Gasteiger partial charge < -0.3 is 4.98 Å². The van der Waals surface area contributed by atoms with E-state index in [1.165, 1.54) is 18.2 Å². The number of benzene rings is 1. The molecule has 0 aliphatic rings. The molecule has 1 aromatic carbocycles. The Hall–Kier alpha value is -1.47. The zero-order valence-electron chi connectivity index (χ0n) is 9.95. The van der Waals surface area contributed by atoms with Crippen LogP contribution >= 0.6 is 34.2 Å². The van der Waals surface area contributed by atoms with Gasteiger partial charge in [-0.1, -0.05) is 11.6 Å². The lowest BCUT2D eigenvalue weighted by Gasteiger charge is -2.03. The molecule has 0 aliphatic heterocycles. The number of nitrogens with zero attached hydrogens (tertiary/aromatic N) is 1. The van der Waals surface area contributed by atoms with Crippen molar-refractivity contribution >= 4 is 51.0 Å². The van der Waals surface area contributed by atoms with Gasteiger partial charge in [-0.2, -0.15) is 0 Å². The van der Waals surface area contributed by atoms with E-state index in [1.54, 1.807) is 18.5 Å². The molecule has 0 fully saturated rings. The third kappa shape index (κ3) is 2.20. The maximum Gasteiger partial charge on any atom is 0.196 e. The first-order chi connectivity index (χ1) is 9.58. The molecule has 3 aromatic rings. The summed E-state index contributed by atoms with van der Waals surface area (Å²) in [5.74, 6) is -0.583. The van der Waals surface area contributed by atoms with Crippen LogP contribution in [-0.4, -0.2) is 15.8 Å². The Balaban J connectivity index is 2.18. The van der Waals surface area contributed by atoms with Crippen LogP contribution in [0.3, 0.4) is 0 Å². The number of carbonyl (C=O) groups is 1. The van der Waals surface area contributed by atoms with Gasteiger partial charge in [-0.25, -0.2) is 9.37 Å². The molecule has 2 aromatic heterocycles. The molecule has 3 nitrogen and oxygen atoms in total. The summed E-state index contributed by atoms with van der Waals surface area (Å²) in [5, 5.41) is 1.04. The van der Waals surface area contributed by atoms with Gasteiger partial charge in [0.1, 0.15) is 11.5 Å². The minimum Gasteiger partial charge on any atom is -0.345 e. The molecule has 0 unspecified atom stereocenters. The Morgan fingerprint density at radius 1 is 1.30 bits per heavy atom. The molecular formula is C14H7ClFIN2O. The second kappa shape index (κ2) is 5.14. The molecule has 1 N–H and O–H groups in total. The van der Waals surface area contributed by atoms with Crippen LogP contribution < -0.4 is 0 Å². The molecule has 0 saturated heterocycles. The highest BCUT2D eigenvalue weighted by molar-refractivity contribution is 14.1. The first-order valence-electron chi connectivity index (χ1n) is 5.69. The second-order valence-corrected chi connectivity index (χ2v) is 5.74. The number of ketones is 1. The number of halogens is 3. The fourth-order valence-corrected chi connectivity index (χ4v) is 2.98. The van der Waals surface area contributed by atoms with E-state index in [1.807, 2.05) is 22.6 Å². The summed E-state index contributed by atoms with van der Waals surface area (Å²) in [4.78, 5) is 19.6. The molecule has 20 heavy (non-hydrogen) atoms. The predicted molar refractivity (Wildman–Crippen MR) is 83.7 cm³/mol. The summed E-state index contributed by atoms with van der Waals surface area (Å²) in [7, 11) is 0. The minimum absolute atomic E-state index is 0.212. The minimum atomic E-state index is -0.371. The van der Waals surface area contributed by atoms with Crippen LogP contribution in [0.4, 0.5) is 4.39 Å². The molecule has 0 atom stereocenters. The summed E-state index contributed by atoms with van der Waals surface area (Å²) in [6.45, 7) is 0. The Morgan fingerprint density at radius 2 is 2.10 bits per heavy atom. The number of aromatic amines is 1. The van der Waals surface area contributed by atoms with E-state index in [-0.39, 0.29) is 11.6 Å². The van der Waals surface area contributed by atoms with Gasteiger partial charge in [0.15, 0.2) is 5.78 Å². The number of pyridine rings is 1. The summed E-state index contributed by atoms with van der Waals surface area (Å²) in [5.41, 5.74) is 1.42. The van der Waals surface area contributed by atoms with Crippen molar-refractivity contribution in [3.63, 3.8) is 0 Å². The van der Waals surface area contributed by atoms with Crippen LogP contribution in [0.2, 0.25) is 5.02 Å². The average Bonchev–Trinajstić information content (AvgIpc) is 2.83. The largest absolute Gasteiger partial charge is 0.345 e. The summed E-state index contributed by atoms with van der Waals surface area (Å²) in [6, 6.07) is 5.69. The predicted octanol–water partition coefficient (Wildman–Crippen LogP) is 4.19. The molecule has 0 saturated carbocycles. The molecule has 2 heterocycles. The van der Waals surface area contributed by atoms with E-state index in [4.69, 9.17) is 11.6 Å². The molecule has 6 heteroatoms. The van der Waals surface area contributed by atoms with Crippen LogP contribution in [0.15, 0.2) is 36.7 Å². The number of nitrogens with one attached hydrogen (secondary N) is 1. The number of rotatable bonds is 2. The third-order valence-corrected chi connectivity index (χ3v) is 4.15. The quantitative estimate of drug-likeness (QED) is 0.518. The highest BCUT2D eigenvalue weighted by Gasteiger charge is 2.19. The van der Waals surface area contributed by atoms with E-state index in [0.29, 0.717) is 30.8 Å². The molecule has 100 valence electrons. The maximum absolute atomic E-state index is 13.1. The summed E-state index contributed by atoms with van der Waals surface area (Å²) in [6.07, 6.45) is 3.14. The number of carbonyl (C=O) groups excluding carboxylic acids is 1. The van der Waals surface area contributed by atoms with Crippen molar-refractivity contribution in [2.24, 2.45) is 0 Å². The Bertz CT molecular complexity index is 831. The Morgan fingerprint density at radius 3 is 2.85 bits per heavy atom. The van der Waals surface area contributed by atoms with Crippen LogP contribution in [0, 0.1) is 9.39 Å². The van der Waals surface area contributed by atoms with Gasteiger partial charge in [0.25, 0.3) is 0 Å². The molecule has 0 bridgehead atoms. The fourth-order valence-electron chi connectivity index (χ4n) is 2.01. The number of hydrogen-bond acceptors (Lipinski definition) is 2. The van der Waals surface area contributed by atoms with Gasteiger partial charge in [-0.05, 0) is 46.9 Å². The zero-order chi connectivity index (χ0) is 14.3. The van der Waals surface area contributed by atoms with Gasteiger partial charge in [0, 0.05) is 26.9 Å². The van der Waals surface area contributed by atoms with Gasteiger partial charge >= 0.3 is 0 Å². The van der Waals surface area contributed by atoms with Crippen LogP contribution in [0.5, 0.6) is 0 Å². The SMILES string of the molecule is O=C(c1ccc(F)cc1I)c1c[nH]c2nccc(Cl)c12. The van der Waals surface area contributed by atoms with Crippen molar-refractivity contribution in [2.75, 3.05) is 0 Å². The third-order valence-electron chi connectivity index (χ3n) is 2.94. The van der Waals surface area contributed by atoms with Crippen molar-refractivity contribution in [1.29, 1.82) is 0 Å². The van der Waals surface area contributed by atoms with Gasteiger partial charge in [-0.15, -0.1) is 0 Å². The lowest BCUT2D eigenvalue weighted by atomic mass is 10.0. The Kier molecular flexibility index (Phi) is 3.47. The molecule has 3 rings (SSSR count). The van der Waals surface area contributed by atoms with Gasteiger partial charge in [0.2, 0.25) is 0 Å². The highest BCUT2D eigenvalue weighted by Crippen LogP contribution is 2.28. The number of hydrogen-bond donors (Lipinski definition) is 1. The van der Waals surface area contributed by atoms with E-state index < -0.39 is 0 Å². The lowest BCUT2D eigenvalue weighted by molar-refractivity contribution is 0.103. The molecule has 0 spiro atoms. The maximum atomic E-state index is 13.1. The van der Waals surface area contributed by atoms with Crippen molar-refractivity contribution < 1.29 is 9.18 Å². The van der Waals surface area contributed by atoms with E-state index in [9.17, 15) is 9.18 Å². The summed E-state index contributed by atoms with van der Waals surface area (Å²) < 4.78 is 13.7. The monoisotopic (exact) mass is 400 g/mol. The normalized spacial score (nSPS) is 10.9. The van der Waals surface area contributed by atoms with Crippen LogP contribution in [0.1, 0.15) is 15.9 Å². The average molecular weight is 401 g/mol. The fraction of sp³-hybridized carbons (Fsp3) is 0. The van der Waals surface area contributed by atoms with Crippen molar-refractivity contribution in [1.82, 2.24) is 9.97 Å². The van der Waals surface area contributed by atoms with Crippen molar-refractivity contribution in [2.45, 2.75) is 0 Å². The van der Waals surface area contributed by atoms with Gasteiger partial charge in [-0.3, -0.25) is 4.79 Å².